The molecule has 0 saturated carbocycles. The predicted molar refractivity (Wildman–Crippen MR) is 96.6 cm³/mol. The average Bonchev–Trinajstić information content (AvgIpc) is 2.96. The summed E-state index contributed by atoms with van der Waals surface area (Å²) in [6, 6.07) is 4.72. The Hall–Kier alpha value is -2.06. The predicted octanol–water partition coefficient (Wildman–Crippen LogP) is 3.58. The van der Waals surface area contributed by atoms with Gasteiger partial charge in [-0.05, 0) is 44.6 Å². The molecule has 9 heteroatoms. The molecule has 1 fully saturated rings. The summed E-state index contributed by atoms with van der Waals surface area (Å²) in [5, 5.41) is 7.11. The molecule has 1 amide bonds. The van der Waals surface area contributed by atoms with Crippen molar-refractivity contribution in [2.24, 2.45) is 7.05 Å². The quantitative estimate of drug-likeness (QED) is 0.856. The molecule has 1 atom stereocenters. The van der Waals surface area contributed by atoms with Crippen molar-refractivity contribution in [2.45, 2.75) is 25.1 Å². The van der Waals surface area contributed by atoms with Crippen LogP contribution in [-0.4, -0.2) is 46.8 Å². The van der Waals surface area contributed by atoms with Crippen LogP contribution in [0, 0.1) is 0 Å². The van der Waals surface area contributed by atoms with E-state index < -0.39 is 11.7 Å². The number of alkyl halides is 3. The molecule has 1 saturated heterocycles. The molecule has 5 nitrogen and oxygen atoms in total. The number of carbonyl (C=O) groups excluding carboxylic acids is 1. The summed E-state index contributed by atoms with van der Waals surface area (Å²) in [5.41, 5.74) is 0.241. The van der Waals surface area contributed by atoms with Gasteiger partial charge in [0.1, 0.15) is 0 Å². The molecule has 1 aliphatic rings. The maximum atomic E-state index is 12.8. The summed E-state index contributed by atoms with van der Waals surface area (Å²) in [7, 11) is 3.62. The van der Waals surface area contributed by atoms with Crippen LogP contribution in [0.15, 0.2) is 24.3 Å². The standard InChI is InChI=1S/C18H20ClF3N4O/c1-25-7-3-4-12(10-25)23-17(27)15-9-16(26(2)24-15)13-6-5-11(8-14(13)19)18(20,21)22/h5-6,8-9,12H,3-4,7,10H2,1-2H3,(H,23,27)/t12-/m0/s1. The first kappa shape index (κ1) is 19.7. The van der Waals surface area contributed by atoms with Crippen molar-refractivity contribution in [1.29, 1.82) is 0 Å². The number of hydrogen-bond acceptors (Lipinski definition) is 3. The van der Waals surface area contributed by atoms with Crippen LogP contribution in [0.5, 0.6) is 0 Å². The lowest BCUT2D eigenvalue weighted by atomic mass is 10.1. The number of nitrogens with zero attached hydrogens (tertiary/aromatic N) is 3. The number of carbonyl (C=O) groups is 1. The van der Waals surface area contributed by atoms with E-state index >= 15 is 0 Å². The number of piperidine rings is 1. The second-order valence-electron chi connectivity index (χ2n) is 6.81. The summed E-state index contributed by atoms with van der Waals surface area (Å²) >= 11 is 6.06. The SMILES string of the molecule is CN1CCC[C@H](NC(=O)c2cc(-c3ccc(C(F)(F)F)cc3Cl)n(C)n2)C1. The molecule has 27 heavy (non-hydrogen) atoms. The Balaban J connectivity index is 1.81. The first-order valence-corrected chi connectivity index (χ1v) is 8.93. The highest BCUT2D eigenvalue weighted by molar-refractivity contribution is 6.33. The maximum Gasteiger partial charge on any atom is 0.416 e. The summed E-state index contributed by atoms with van der Waals surface area (Å²) in [6.45, 7) is 1.78. The zero-order valence-corrected chi connectivity index (χ0v) is 15.7. The van der Waals surface area contributed by atoms with E-state index in [4.69, 9.17) is 11.6 Å². The first-order valence-electron chi connectivity index (χ1n) is 8.55. The van der Waals surface area contributed by atoms with Gasteiger partial charge in [-0.1, -0.05) is 17.7 Å². The lowest BCUT2D eigenvalue weighted by Gasteiger charge is -2.29. The fraction of sp³-hybridized carbons (Fsp3) is 0.444. The number of rotatable bonds is 3. The number of aryl methyl sites for hydroxylation is 1. The number of halogens is 4. The second kappa shape index (κ2) is 7.52. The molecule has 0 aliphatic carbocycles. The molecule has 2 aromatic rings. The summed E-state index contributed by atoms with van der Waals surface area (Å²) in [6.07, 6.45) is -2.55. The molecule has 1 aromatic carbocycles. The van der Waals surface area contributed by atoms with Gasteiger partial charge in [-0.15, -0.1) is 0 Å². The van der Waals surface area contributed by atoms with Crippen LogP contribution in [0.25, 0.3) is 11.3 Å². The highest BCUT2D eigenvalue weighted by Crippen LogP contribution is 2.35. The second-order valence-corrected chi connectivity index (χ2v) is 7.21. The van der Waals surface area contributed by atoms with Gasteiger partial charge < -0.3 is 10.2 Å². The molecular weight excluding hydrogens is 381 g/mol. The number of likely N-dealkylation sites (N-methyl/N-ethyl adjacent to an activating group) is 1. The molecule has 0 radical (unpaired) electrons. The monoisotopic (exact) mass is 400 g/mol. The van der Waals surface area contributed by atoms with Crippen molar-refractivity contribution in [2.75, 3.05) is 20.1 Å². The lowest BCUT2D eigenvalue weighted by Crippen LogP contribution is -2.46. The molecule has 3 rings (SSSR count). The highest BCUT2D eigenvalue weighted by atomic mass is 35.5. The van der Waals surface area contributed by atoms with Gasteiger partial charge in [0.15, 0.2) is 5.69 Å². The number of nitrogens with one attached hydrogen (secondary N) is 1. The Morgan fingerprint density at radius 1 is 1.30 bits per heavy atom. The van der Waals surface area contributed by atoms with Gasteiger partial charge in [0.25, 0.3) is 5.91 Å². The maximum absolute atomic E-state index is 12.8. The zero-order valence-electron chi connectivity index (χ0n) is 15.0. The Kier molecular flexibility index (Phi) is 5.48. The third kappa shape index (κ3) is 4.44. The molecule has 1 aliphatic heterocycles. The van der Waals surface area contributed by atoms with Crippen LogP contribution in [0.4, 0.5) is 13.2 Å². The van der Waals surface area contributed by atoms with E-state index in [1.54, 1.807) is 7.05 Å². The Bertz CT molecular complexity index is 850. The fourth-order valence-corrected chi connectivity index (χ4v) is 3.55. The van der Waals surface area contributed by atoms with Crippen molar-refractivity contribution in [1.82, 2.24) is 20.0 Å². The van der Waals surface area contributed by atoms with Gasteiger partial charge in [-0.25, -0.2) is 0 Å². The smallest absolute Gasteiger partial charge is 0.347 e. The Labute approximate surface area is 160 Å². The van der Waals surface area contributed by atoms with Gasteiger partial charge in [-0.2, -0.15) is 18.3 Å². The van der Waals surface area contributed by atoms with Gasteiger partial charge in [0.05, 0.1) is 16.3 Å². The number of likely N-dealkylation sites (tertiary alicyclic amines) is 1. The molecule has 1 aromatic heterocycles. The van der Waals surface area contributed by atoms with Crippen LogP contribution in [-0.2, 0) is 13.2 Å². The summed E-state index contributed by atoms with van der Waals surface area (Å²) in [4.78, 5) is 14.7. The van der Waals surface area contributed by atoms with Crippen molar-refractivity contribution < 1.29 is 18.0 Å². The van der Waals surface area contributed by atoms with E-state index in [0.29, 0.717) is 11.3 Å². The lowest BCUT2D eigenvalue weighted by molar-refractivity contribution is -0.137. The van der Waals surface area contributed by atoms with Gasteiger partial charge >= 0.3 is 6.18 Å². The van der Waals surface area contributed by atoms with Crippen LogP contribution < -0.4 is 5.32 Å². The van der Waals surface area contributed by atoms with E-state index in [1.807, 2.05) is 7.05 Å². The van der Waals surface area contributed by atoms with Gasteiger partial charge in [0, 0.05) is 25.2 Å². The third-order valence-electron chi connectivity index (χ3n) is 4.64. The topological polar surface area (TPSA) is 50.2 Å². The minimum atomic E-state index is -4.47. The van der Waals surface area contributed by atoms with E-state index in [2.05, 4.69) is 15.3 Å². The molecule has 146 valence electrons. The highest BCUT2D eigenvalue weighted by Gasteiger charge is 2.31. The van der Waals surface area contributed by atoms with Gasteiger partial charge in [-0.3, -0.25) is 9.48 Å². The first-order chi connectivity index (χ1) is 12.6. The van der Waals surface area contributed by atoms with Crippen LogP contribution >= 0.6 is 11.6 Å². The third-order valence-corrected chi connectivity index (χ3v) is 4.96. The van der Waals surface area contributed by atoms with E-state index in [-0.39, 0.29) is 22.7 Å². The summed E-state index contributed by atoms with van der Waals surface area (Å²) < 4.78 is 39.9. The van der Waals surface area contributed by atoms with Crippen LogP contribution in [0.3, 0.4) is 0 Å². The fourth-order valence-electron chi connectivity index (χ4n) is 3.27. The summed E-state index contributed by atoms with van der Waals surface area (Å²) in [5.74, 6) is -0.305. The number of benzene rings is 1. The van der Waals surface area contributed by atoms with Crippen molar-refractivity contribution in [3.8, 4) is 11.3 Å². The number of hydrogen-bond donors (Lipinski definition) is 1. The average molecular weight is 401 g/mol. The zero-order chi connectivity index (χ0) is 19.8. The van der Waals surface area contributed by atoms with Crippen molar-refractivity contribution in [3.63, 3.8) is 0 Å². The molecule has 0 spiro atoms. The van der Waals surface area contributed by atoms with E-state index in [1.165, 1.54) is 16.8 Å². The van der Waals surface area contributed by atoms with E-state index in [9.17, 15) is 18.0 Å². The van der Waals surface area contributed by atoms with Crippen LogP contribution in [0.1, 0.15) is 28.9 Å². The number of amides is 1. The van der Waals surface area contributed by atoms with Crippen molar-refractivity contribution >= 4 is 17.5 Å². The normalized spacial score (nSPS) is 18.5. The van der Waals surface area contributed by atoms with Gasteiger partial charge in [0.2, 0.25) is 0 Å². The van der Waals surface area contributed by atoms with E-state index in [0.717, 1.165) is 38.1 Å². The molecule has 0 unspecified atom stereocenters. The molecule has 0 bridgehead atoms. The Morgan fingerprint density at radius 3 is 2.67 bits per heavy atom. The molecular formula is C18H20ClF3N4O. The molecule has 1 N–H and O–H groups in total. The van der Waals surface area contributed by atoms with Crippen molar-refractivity contribution in [3.05, 3.63) is 40.5 Å². The van der Waals surface area contributed by atoms with Crippen LogP contribution in [0.2, 0.25) is 5.02 Å². The minimum absolute atomic E-state index is 0.0475. The Morgan fingerprint density at radius 2 is 2.04 bits per heavy atom. The minimum Gasteiger partial charge on any atom is -0.347 e. The number of aromatic nitrogens is 2. The molecule has 2 heterocycles. The largest absolute Gasteiger partial charge is 0.416 e.